The van der Waals surface area contributed by atoms with Gasteiger partial charge in [0.2, 0.25) is 5.91 Å². The highest BCUT2D eigenvalue weighted by Crippen LogP contribution is 2.21. The summed E-state index contributed by atoms with van der Waals surface area (Å²) in [7, 11) is 0. The molecule has 0 spiro atoms. The molecule has 3 nitrogen and oxygen atoms in total. The molecule has 72 valence electrons. The van der Waals surface area contributed by atoms with Gasteiger partial charge in [0.15, 0.2) is 5.13 Å². The van der Waals surface area contributed by atoms with Crippen LogP contribution in [-0.4, -0.2) is 10.9 Å². The monoisotopic (exact) mass is 198 g/mol. The molecule has 0 radical (unpaired) electrons. The van der Waals surface area contributed by atoms with Gasteiger partial charge in [-0.15, -0.1) is 11.3 Å². The minimum Gasteiger partial charge on any atom is -0.302 e. The van der Waals surface area contributed by atoms with Gasteiger partial charge in [-0.25, -0.2) is 4.98 Å². The molecule has 0 atom stereocenters. The number of nitrogens with zero attached hydrogens (tertiary/aromatic N) is 1. The highest BCUT2D eigenvalue weighted by molar-refractivity contribution is 7.15. The van der Waals surface area contributed by atoms with Gasteiger partial charge in [0.05, 0.1) is 5.69 Å². The van der Waals surface area contributed by atoms with Gasteiger partial charge in [-0.1, -0.05) is 6.92 Å². The number of thiazole rings is 1. The van der Waals surface area contributed by atoms with Gasteiger partial charge in [0.1, 0.15) is 0 Å². The second-order valence-corrected chi connectivity index (χ2v) is 4.16. The molecule has 4 heteroatoms. The number of hydrogen-bond acceptors (Lipinski definition) is 3. The van der Waals surface area contributed by atoms with Crippen molar-refractivity contribution >= 4 is 22.4 Å². The lowest BCUT2D eigenvalue weighted by molar-refractivity contribution is -0.116. The van der Waals surface area contributed by atoms with Crippen molar-refractivity contribution in [2.24, 2.45) is 0 Å². The summed E-state index contributed by atoms with van der Waals surface area (Å²) in [6, 6.07) is 0. The van der Waals surface area contributed by atoms with Crippen LogP contribution in [0.4, 0.5) is 5.13 Å². The Hall–Kier alpha value is -0.900. The molecule has 1 amide bonds. The normalized spacial score (nSPS) is 10.1. The topological polar surface area (TPSA) is 42.0 Å². The molecule has 13 heavy (non-hydrogen) atoms. The Morgan fingerprint density at radius 1 is 1.54 bits per heavy atom. The number of rotatable bonds is 3. The van der Waals surface area contributed by atoms with Crippen molar-refractivity contribution in [3.63, 3.8) is 0 Å². The van der Waals surface area contributed by atoms with Crippen LogP contribution in [0.1, 0.15) is 30.3 Å². The lowest BCUT2D eigenvalue weighted by atomic mass is 10.3. The molecule has 1 N–H and O–H groups in total. The zero-order valence-corrected chi connectivity index (χ0v) is 8.99. The lowest BCUT2D eigenvalue weighted by Gasteiger charge is -1.97. The van der Waals surface area contributed by atoms with Crippen LogP contribution in [0.15, 0.2) is 0 Å². The average molecular weight is 198 g/mol. The third-order valence-electron chi connectivity index (χ3n) is 1.75. The van der Waals surface area contributed by atoms with E-state index in [2.05, 4.69) is 10.3 Å². The number of aryl methyl sites for hydroxylation is 2. The summed E-state index contributed by atoms with van der Waals surface area (Å²) < 4.78 is 0. The maximum Gasteiger partial charge on any atom is 0.226 e. The lowest BCUT2D eigenvalue weighted by Crippen LogP contribution is -2.10. The van der Waals surface area contributed by atoms with Gasteiger partial charge in [-0.05, 0) is 20.3 Å². The number of anilines is 1. The minimum absolute atomic E-state index is 0.0521. The molecule has 0 aliphatic carbocycles. The fourth-order valence-electron chi connectivity index (χ4n) is 0.935. The summed E-state index contributed by atoms with van der Waals surface area (Å²) in [4.78, 5) is 16.6. The molecule has 0 unspecified atom stereocenters. The standard InChI is InChI=1S/C9H14N2OS/c1-4-5-8(12)11-9-10-6(2)7(3)13-9/h4-5H2,1-3H3,(H,10,11,12). The maximum absolute atomic E-state index is 11.2. The highest BCUT2D eigenvalue weighted by atomic mass is 32.1. The molecule has 1 aromatic heterocycles. The molecule has 0 aliphatic rings. The van der Waals surface area contributed by atoms with Gasteiger partial charge in [0.25, 0.3) is 0 Å². The summed E-state index contributed by atoms with van der Waals surface area (Å²) in [6.45, 7) is 5.93. The second kappa shape index (κ2) is 4.37. The van der Waals surface area contributed by atoms with E-state index < -0.39 is 0 Å². The summed E-state index contributed by atoms with van der Waals surface area (Å²) in [5.74, 6) is 0.0521. The van der Waals surface area contributed by atoms with Crippen molar-refractivity contribution in [3.05, 3.63) is 10.6 Å². The van der Waals surface area contributed by atoms with Crippen LogP contribution >= 0.6 is 11.3 Å². The summed E-state index contributed by atoms with van der Waals surface area (Å²) >= 11 is 1.53. The van der Waals surface area contributed by atoms with E-state index in [0.29, 0.717) is 11.6 Å². The van der Waals surface area contributed by atoms with E-state index in [9.17, 15) is 4.79 Å². The van der Waals surface area contributed by atoms with E-state index in [1.54, 1.807) is 0 Å². The Labute approximate surface area is 82.2 Å². The van der Waals surface area contributed by atoms with E-state index in [1.165, 1.54) is 11.3 Å². The van der Waals surface area contributed by atoms with Crippen molar-refractivity contribution in [3.8, 4) is 0 Å². The van der Waals surface area contributed by atoms with Gasteiger partial charge in [0, 0.05) is 11.3 Å². The SMILES string of the molecule is CCCC(=O)Nc1nc(C)c(C)s1. The van der Waals surface area contributed by atoms with Crippen LogP contribution in [0.3, 0.4) is 0 Å². The number of carbonyl (C=O) groups is 1. The first-order valence-electron chi connectivity index (χ1n) is 4.37. The quantitative estimate of drug-likeness (QED) is 0.810. The molecule has 1 heterocycles. The molecule has 0 aromatic carbocycles. The molecule has 0 saturated carbocycles. The smallest absolute Gasteiger partial charge is 0.226 e. The number of aromatic nitrogens is 1. The Kier molecular flexibility index (Phi) is 3.42. The Morgan fingerprint density at radius 2 is 2.23 bits per heavy atom. The molecule has 1 aromatic rings. The van der Waals surface area contributed by atoms with E-state index >= 15 is 0 Å². The average Bonchev–Trinajstić information content (AvgIpc) is 2.31. The zero-order chi connectivity index (χ0) is 9.84. The fourth-order valence-corrected chi connectivity index (χ4v) is 1.77. The van der Waals surface area contributed by atoms with Gasteiger partial charge in [-0.3, -0.25) is 4.79 Å². The van der Waals surface area contributed by atoms with Crippen LogP contribution in [-0.2, 0) is 4.79 Å². The van der Waals surface area contributed by atoms with E-state index in [-0.39, 0.29) is 5.91 Å². The van der Waals surface area contributed by atoms with Crippen molar-refractivity contribution in [1.82, 2.24) is 4.98 Å². The molecule has 0 fully saturated rings. The van der Waals surface area contributed by atoms with E-state index in [4.69, 9.17) is 0 Å². The Morgan fingerprint density at radius 3 is 2.69 bits per heavy atom. The van der Waals surface area contributed by atoms with Crippen molar-refractivity contribution < 1.29 is 4.79 Å². The first-order chi connectivity index (χ1) is 6.13. The van der Waals surface area contributed by atoms with Crippen LogP contribution in [0.5, 0.6) is 0 Å². The third kappa shape index (κ3) is 2.81. The summed E-state index contributed by atoms with van der Waals surface area (Å²) in [5.41, 5.74) is 0.997. The second-order valence-electron chi connectivity index (χ2n) is 2.96. The molecule has 1 rings (SSSR count). The number of nitrogens with one attached hydrogen (secondary N) is 1. The third-order valence-corrected chi connectivity index (χ3v) is 2.74. The van der Waals surface area contributed by atoms with E-state index in [1.807, 2.05) is 20.8 Å². The first-order valence-corrected chi connectivity index (χ1v) is 5.19. The Bertz CT molecular complexity index is 287. The molecular formula is C9H14N2OS. The summed E-state index contributed by atoms with van der Waals surface area (Å²) in [5, 5.41) is 3.49. The van der Waals surface area contributed by atoms with Crippen molar-refractivity contribution in [2.45, 2.75) is 33.6 Å². The fraction of sp³-hybridized carbons (Fsp3) is 0.556. The zero-order valence-electron chi connectivity index (χ0n) is 8.18. The Balaban J connectivity index is 2.59. The van der Waals surface area contributed by atoms with Crippen LogP contribution in [0.25, 0.3) is 0 Å². The molecule has 0 aliphatic heterocycles. The molecule has 0 saturated heterocycles. The van der Waals surface area contributed by atoms with Crippen molar-refractivity contribution in [2.75, 3.05) is 5.32 Å². The van der Waals surface area contributed by atoms with E-state index in [0.717, 1.165) is 17.0 Å². The van der Waals surface area contributed by atoms with Crippen LogP contribution in [0, 0.1) is 13.8 Å². The highest BCUT2D eigenvalue weighted by Gasteiger charge is 2.06. The molecular weight excluding hydrogens is 184 g/mol. The largest absolute Gasteiger partial charge is 0.302 e. The van der Waals surface area contributed by atoms with Gasteiger partial charge >= 0.3 is 0 Å². The maximum atomic E-state index is 11.2. The number of carbonyl (C=O) groups excluding carboxylic acids is 1. The predicted molar refractivity (Wildman–Crippen MR) is 55.1 cm³/mol. The van der Waals surface area contributed by atoms with Crippen molar-refractivity contribution in [1.29, 1.82) is 0 Å². The number of hydrogen-bond donors (Lipinski definition) is 1. The molecule has 0 bridgehead atoms. The first kappa shape index (κ1) is 10.2. The summed E-state index contributed by atoms with van der Waals surface area (Å²) in [6.07, 6.45) is 1.44. The van der Waals surface area contributed by atoms with Crippen LogP contribution < -0.4 is 5.32 Å². The van der Waals surface area contributed by atoms with Crippen LogP contribution in [0.2, 0.25) is 0 Å². The van der Waals surface area contributed by atoms with Gasteiger partial charge < -0.3 is 5.32 Å². The minimum atomic E-state index is 0.0521. The number of amides is 1. The predicted octanol–water partition coefficient (Wildman–Crippen LogP) is 2.50. The van der Waals surface area contributed by atoms with Gasteiger partial charge in [-0.2, -0.15) is 0 Å².